The highest BCUT2D eigenvalue weighted by molar-refractivity contribution is 5.69. The predicted octanol–water partition coefficient (Wildman–Crippen LogP) is 10.7. The smallest absolute Gasteiger partial charge is 0.466 e. The number of unbranched alkanes of at least 4 members (excludes halogenated alkanes) is 13. The topological polar surface area (TPSA) is 65.1 Å². The van der Waals surface area contributed by atoms with E-state index in [4.69, 9.17) is 14.2 Å². The van der Waals surface area contributed by atoms with Crippen molar-refractivity contribution in [2.24, 2.45) is 5.92 Å². The Kier molecular flexibility index (Phi) is 30.2. The van der Waals surface area contributed by atoms with E-state index in [-0.39, 0.29) is 12.1 Å². The van der Waals surface area contributed by atoms with E-state index in [2.05, 4.69) is 25.7 Å². The van der Waals surface area contributed by atoms with Crippen molar-refractivity contribution >= 4 is 12.1 Å². The highest BCUT2D eigenvalue weighted by atomic mass is 16.7. The minimum absolute atomic E-state index is 0.121. The molecule has 6 nitrogen and oxygen atoms in total. The molecule has 0 saturated heterocycles. The SMILES string of the molecule is CCCCCCCCC(CCOC(=O)CCCC(CCCCCCC)CCCCCCC)OC(=O)OCCCN(C)C. The van der Waals surface area contributed by atoms with Crippen molar-refractivity contribution in [2.75, 3.05) is 33.9 Å². The normalized spacial score (nSPS) is 12.2. The van der Waals surface area contributed by atoms with Gasteiger partial charge in [-0.3, -0.25) is 4.79 Å². The minimum atomic E-state index is -0.605. The third-order valence-electron chi connectivity index (χ3n) is 8.24. The van der Waals surface area contributed by atoms with Crippen LogP contribution in [0.2, 0.25) is 0 Å². The molecule has 0 aliphatic heterocycles. The molecule has 0 radical (unpaired) electrons. The zero-order valence-corrected chi connectivity index (χ0v) is 28.7. The number of rotatable bonds is 31. The summed E-state index contributed by atoms with van der Waals surface area (Å²) in [6.45, 7) is 8.27. The molecule has 0 aliphatic carbocycles. The van der Waals surface area contributed by atoms with E-state index in [0.717, 1.165) is 51.0 Å². The summed E-state index contributed by atoms with van der Waals surface area (Å²) < 4.78 is 16.5. The van der Waals surface area contributed by atoms with Crippen molar-refractivity contribution in [1.82, 2.24) is 4.90 Å². The van der Waals surface area contributed by atoms with Crippen LogP contribution >= 0.6 is 0 Å². The first-order valence-corrected chi connectivity index (χ1v) is 18.1. The number of carbonyl (C=O) groups excluding carboxylic acids is 2. The Balaban J connectivity index is 4.48. The number of ether oxygens (including phenoxy) is 3. The van der Waals surface area contributed by atoms with Crippen LogP contribution in [0.3, 0.4) is 0 Å². The lowest BCUT2D eigenvalue weighted by atomic mass is 9.90. The molecular formula is C36H71NO5. The highest BCUT2D eigenvalue weighted by Gasteiger charge is 2.17. The lowest BCUT2D eigenvalue weighted by Gasteiger charge is -2.18. The first-order valence-electron chi connectivity index (χ1n) is 18.1. The van der Waals surface area contributed by atoms with Crippen molar-refractivity contribution in [3.63, 3.8) is 0 Å². The summed E-state index contributed by atoms with van der Waals surface area (Å²) >= 11 is 0. The molecule has 0 amide bonds. The van der Waals surface area contributed by atoms with Crippen molar-refractivity contribution in [3.8, 4) is 0 Å². The molecule has 0 aliphatic rings. The molecule has 0 heterocycles. The molecule has 0 spiro atoms. The molecule has 0 fully saturated rings. The number of hydrogen-bond acceptors (Lipinski definition) is 6. The third kappa shape index (κ3) is 28.8. The lowest BCUT2D eigenvalue weighted by molar-refractivity contribution is -0.144. The molecule has 42 heavy (non-hydrogen) atoms. The number of carbonyl (C=O) groups is 2. The lowest BCUT2D eigenvalue weighted by Crippen LogP contribution is -2.23. The highest BCUT2D eigenvalue weighted by Crippen LogP contribution is 2.24. The van der Waals surface area contributed by atoms with Gasteiger partial charge >= 0.3 is 12.1 Å². The maximum absolute atomic E-state index is 12.5. The number of esters is 1. The van der Waals surface area contributed by atoms with Crippen molar-refractivity contribution in [2.45, 2.75) is 181 Å². The summed E-state index contributed by atoms with van der Waals surface area (Å²) in [5, 5.41) is 0. The fourth-order valence-corrected chi connectivity index (χ4v) is 5.54. The number of nitrogens with zero attached hydrogens (tertiary/aromatic N) is 1. The van der Waals surface area contributed by atoms with Gasteiger partial charge in [-0.25, -0.2) is 4.79 Å². The van der Waals surface area contributed by atoms with Crippen LogP contribution < -0.4 is 0 Å². The van der Waals surface area contributed by atoms with Crippen molar-refractivity contribution in [1.29, 1.82) is 0 Å². The quantitative estimate of drug-likeness (QED) is 0.0585. The summed E-state index contributed by atoms with van der Waals surface area (Å²) in [5.41, 5.74) is 0. The van der Waals surface area contributed by atoms with Gasteiger partial charge in [-0.05, 0) is 52.1 Å². The summed E-state index contributed by atoms with van der Waals surface area (Å²) in [5.74, 6) is 0.615. The van der Waals surface area contributed by atoms with Gasteiger partial charge in [-0.1, -0.05) is 130 Å². The largest absolute Gasteiger partial charge is 0.508 e. The monoisotopic (exact) mass is 598 g/mol. The molecule has 250 valence electrons. The van der Waals surface area contributed by atoms with E-state index in [9.17, 15) is 9.59 Å². The molecule has 0 N–H and O–H groups in total. The fraction of sp³-hybridized carbons (Fsp3) is 0.944. The van der Waals surface area contributed by atoms with Crippen molar-refractivity contribution < 1.29 is 23.8 Å². The zero-order valence-electron chi connectivity index (χ0n) is 28.7. The average Bonchev–Trinajstić information content (AvgIpc) is 2.96. The standard InChI is InChI=1S/C36H71NO5/c1-6-9-12-15-18-21-27-34(42-36(39)41-31-23-30-37(4)5)29-32-40-35(38)28-22-26-33(24-19-16-13-10-7-2)25-20-17-14-11-8-3/h33-34H,6-32H2,1-5H3. The summed E-state index contributed by atoms with van der Waals surface area (Å²) in [6.07, 6.45) is 26.7. The maximum atomic E-state index is 12.5. The van der Waals surface area contributed by atoms with Gasteiger partial charge in [-0.2, -0.15) is 0 Å². The second-order valence-electron chi connectivity index (χ2n) is 12.7. The molecule has 0 rings (SSSR count). The van der Waals surface area contributed by atoms with Gasteiger partial charge in [0.05, 0.1) is 13.2 Å². The predicted molar refractivity (Wildman–Crippen MR) is 177 cm³/mol. The van der Waals surface area contributed by atoms with Crippen LogP contribution in [0, 0.1) is 5.92 Å². The van der Waals surface area contributed by atoms with E-state index in [1.165, 1.54) is 103 Å². The van der Waals surface area contributed by atoms with E-state index in [1.807, 2.05) is 14.1 Å². The first kappa shape index (κ1) is 40.7. The van der Waals surface area contributed by atoms with Crippen LogP contribution in [0.4, 0.5) is 4.79 Å². The van der Waals surface area contributed by atoms with E-state index in [0.29, 0.717) is 26.1 Å². The summed E-state index contributed by atoms with van der Waals surface area (Å²) in [4.78, 5) is 26.8. The summed E-state index contributed by atoms with van der Waals surface area (Å²) in [7, 11) is 4.00. The summed E-state index contributed by atoms with van der Waals surface area (Å²) in [6, 6.07) is 0. The molecular weight excluding hydrogens is 526 g/mol. The molecule has 6 heteroatoms. The van der Waals surface area contributed by atoms with Gasteiger partial charge < -0.3 is 19.1 Å². The molecule has 0 saturated carbocycles. The molecule has 0 bridgehead atoms. The van der Waals surface area contributed by atoms with Crippen LogP contribution in [0.5, 0.6) is 0 Å². The Labute approximate surface area is 261 Å². The maximum Gasteiger partial charge on any atom is 0.508 e. The number of hydrogen-bond donors (Lipinski definition) is 0. The third-order valence-corrected chi connectivity index (χ3v) is 8.24. The second kappa shape index (κ2) is 31.1. The molecule has 1 unspecified atom stereocenters. The average molecular weight is 598 g/mol. The second-order valence-corrected chi connectivity index (χ2v) is 12.7. The van der Waals surface area contributed by atoms with E-state index >= 15 is 0 Å². The Morgan fingerprint density at radius 3 is 1.60 bits per heavy atom. The zero-order chi connectivity index (χ0) is 31.1. The molecule has 0 aromatic heterocycles. The van der Waals surface area contributed by atoms with Gasteiger partial charge in [0.1, 0.15) is 6.10 Å². The van der Waals surface area contributed by atoms with Crippen LogP contribution in [-0.4, -0.2) is 57.0 Å². The molecule has 1 atom stereocenters. The fourth-order valence-electron chi connectivity index (χ4n) is 5.54. The van der Waals surface area contributed by atoms with Crippen LogP contribution in [0.15, 0.2) is 0 Å². The van der Waals surface area contributed by atoms with Gasteiger partial charge in [0.25, 0.3) is 0 Å². The van der Waals surface area contributed by atoms with Crippen LogP contribution in [-0.2, 0) is 19.0 Å². The first-order chi connectivity index (χ1) is 20.4. The Morgan fingerprint density at radius 2 is 1.05 bits per heavy atom. The van der Waals surface area contributed by atoms with Crippen molar-refractivity contribution in [3.05, 3.63) is 0 Å². The minimum Gasteiger partial charge on any atom is -0.466 e. The van der Waals surface area contributed by atoms with E-state index in [1.54, 1.807) is 0 Å². The Morgan fingerprint density at radius 1 is 0.548 bits per heavy atom. The van der Waals surface area contributed by atoms with Gasteiger partial charge in [0.2, 0.25) is 0 Å². The molecule has 0 aromatic rings. The van der Waals surface area contributed by atoms with Gasteiger partial charge in [-0.15, -0.1) is 0 Å². The van der Waals surface area contributed by atoms with Gasteiger partial charge in [0, 0.05) is 19.4 Å². The van der Waals surface area contributed by atoms with E-state index < -0.39 is 6.16 Å². The van der Waals surface area contributed by atoms with Gasteiger partial charge in [0.15, 0.2) is 0 Å². The Bertz CT molecular complexity index is 583. The van der Waals surface area contributed by atoms with Crippen LogP contribution in [0.25, 0.3) is 0 Å². The van der Waals surface area contributed by atoms with Crippen LogP contribution in [0.1, 0.15) is 175 Å². The molecule has 0 aromatic carbocycles. The Hall–Kier alpha value is -1.30.